The highest BCUT2D eigenvalue weighted by Gasteiger charge is 2.11. The van der Waals surface area contributed by atoms with Crippen molar-refractivity contribution in [3.63, 3.8) is 0 Å². The van der Waals surface area contributed by atoms with Crippen molar-refractivity contribution in [1.29, 1.82) is 0 Å². The van der Waals surface area contributed by atoms with Gasteiger partial charge in [-0.05, 0) is 43.0 Å². The van der Waals surface area contributed by atoms with E-state index < -0.39 is 0 Å². The van der Waals surface area contributed by atoms with Crippen LogP contribution < -0.4 is 5.43 Å². The number of fused-ring (bicyclic) bond motifs is 1. The van der Waals surface area contributed by atoms with E-state index in [1.165, 1.54) is 16.7 Å². The molecule has 0 saturated heterocycles. The van der Waals surface area contributed by atoms with Gasteiger partial charge in [-0.2, -0.15) is 5.10 Å². The topological polar surface area (TPSA) is 59.3 Å². The fraction of sp³-hybridized carbons (Fsp3) is 0.211. The lowest BCUT2D eigenvalue weighted by Crippen LogP contribution is -2.20. The lowest BCUT2D eigenvalue weighted by Gasteiger charge is -2.04. The van der Waals surface area contributed by atoms with Crippen molar-refractivity contribution < 1.29 is 4.79 Å². The summed E-state index contributed by atoms with van der Waals surface area (Å²) in [7, 11) is 0. The van der Waals surface area contributed by atoms with Crippen LogP contribution in [0.25, 0.3) is 11.0 Å². The molecule has 0 aliphatic rings. The SMILES string of the molecule is CCn1c(SCC(=O)N/N=C\c2ccc(SC)cc2)nc2ccccc21. The third kappa shape index (κ3) is 4.47. The zero-order valence-corrected chi connectivity index (χ0v) is 16.3. The third-order valence-corrected chi connectivity index (χ3v) is 5.51. The lowest BCUT2D eigenvalue weighted by atomic mass is 10.2. The van der Waals surface area contributed by atoms with Crippen LogP contribution in [-0.2, 0) is 11.3 Å². The number of amides is 1. The molecule has 0 fully saturated rings. The molecule has 3 rings (SSSR count). The zero-order chi connectivity index (χ0) is 18.4. The molecular weight excluding hydrogens is 364 g/mol. The predicted octanol–water partition coefficient (Wildman–Crippen LogP) is 4.02. The van der Waals surface area contributed by atoms with E-state index in [-0.39, 0.29) is 11.7 Å². The molecule has 0 spiro atoms. The Kier molecular flexibility index (Phi) is 6.35. The minimum absolute atomic E-state index is 0.151. The molecule has 0 saturated carbocycles. The fourth-order valence-corrected chi connectivity index (χ4v) is 3.78. The highest BCUT2D eigenvalue weighted by molar-refractivity contribution is 7.99. The second-order valence-electron chi connectivity index (χ2n) is 5.48. The van der Waals surface area contributed by atoms with E-state index in [0.29, 0.717) is 0 Å². The van der Waals surface area contributed by atoms with Crippen LogP contribution in [0.2, 0.25) is 0 Å². The quantitative estimate of drug-likeness (QED) is 0.380. The Morgan fingerprint density at radius 1 is 1.23 bits per heavy atom. The molecule has 26 heavy (non-hydrogen) atoms. The second-order valence-corrected chi connectivity index (χ2v) is 7.30. The molecule has 3 aromatic rings. The molecular formula is C19H20N4OS2. The molecule has 0 unspecified atom stereocenters. The number of nitrogens with one attached hydrogen (secondary N) is 1. The number of aromatic nitrogens is 2. The largest absolute Gasteiger partial charge is 0.319 e. The van der Waals surface area contributed by atoms with Gasteiger partial charge < -0.3 is 4.57 Å². The minimum atomic E-state index is -0.151. The number of benzene rings is 2. The molecule has 0 bridgehead atoms. The van der Waals surface area contributed by atoms with E-state index in [9.17, 15) is 4.79 Å². The summed E-state index contributed by atoms with van der Waals surface area (Å²) in [4.78, 5) is 17.8. The monoisotopic (exact) mass is 384 g/mol. The van der Waals surface area contributed by atoms with Crippen LogP contribution in [-0.4, -0.2) is 33.7 Å². The average Bonchev–Trinajstić information content (AvgIpc) is 3.04. The van der Waals surface area contributed by atoms with Crippen molar-refractivity contribution in [2.45, 2.75) is 23.5 Å². The van der Waals surface area contributed by atoms with Gasteiger partial charge in [-0.15, -0.1) is 11.8 Å². The van der Waals surface area contributed by atoms with Gasteiger partial charge in [0.15, 0.2) is 5.16 Å². The summed E-state index contributed by atoms with van der Waals surface area (Å²) in [6.07, 6.45) is 3.68. The number of thioether (sulfide) groups is 2. The standard InChI is InChI=1S/C19H20N4OS2/c1-3-23-17-7-5-4-6-16(17)21-19(23)26-13-18(24)22-20-12-14-8-10-15(25-2)11-9-14/h4-12H,3,13H2,1-2H3,(H,22,24)/b20-12-. The third-order valence-electron chi connectivity index (χ3n) is 3.79. The summed E-state index contributed by atoms with van der Waals surface area (Å²) in [5.41, 5.74) is 5.55. The molecule has 1 heterocycles. The van der Waals surface area contributed by atoms with Gasteiger partial charge in [-0.3, -0.25) is 4.79 Å². The van der Waals surface area contributed by atoms with Crippen LogP contribution in [0.3, 0.4) is 0 Å². The molecule has 0 aliphatic carbocycles. The van der Waals surface area contributed by atoms with Gasteiger partial charge in [-0.1, -0.05) is 36.0 Å². The van der Waals surface area contributed by atoms with Gasteiger partial charge in [0, 0.05) is 11.4 Å². The number of para-hydroxylation sites is 2. The van der Waals surface area contributed by atoms with Gasteiger partial charge in [0.2, 0.25) is 0 Å². The van der Waals surface area contributed by atoms with E-state index in [1.807, 2.05) is 54.8 Å². The number of hydrazone groups is 1. The van der Waals surface area contributed by atoms with Crippen LogP contribution in [0.15, 0.2) is 63.7 Å². The number of imidazole rings is 1. The van der Waals surface area contributed by atoms with E-state index in [1.54, 1.807) is 18.0 Å². The Hall–Kier alpha value is -2.25. The number of aryl methyl sites for hydroxylation is 1. The molecule has 1 N–H and O–H groups in total. The first-order valence-corrected chi connectivity index (χ1v) is 10.5. The van der Waals surface area contributed by atoms with Crippen molar-refractivity contribution in [3.05, 3.63) is 54.1 Å². The summed E-state index contributed by atoms with van der Waals surface area (Å²) in [5, 5.41) is 4.87. The molecule has 134 valence electrons. The number of hydrogen-bond acceptors (Lipinski definition) is 5. The molecule has 1 amide bonds. The number of carbonyl (C=O) groups is 1. The zero-order valence-electron chi connectivity index (χ0n) is 14.7. The molecule has 7 heteroatoms. The summed E-state index contributed by atoms with van der Waals surface area (Å²) in [6, 6.07) is 16.0. The van der Waals surface area contributed by atoms with Crippen LogP contribution in [0.1, 0.15) is 12.5 Å². The molecule has 0 radical (unpaired) electrons. The molecule has 0 aliphatic heterocycles. The van der Waals surface area contributed by atoms with Gasteiger partial charge in [0.25, 0.3) is 5.91 Å². The summed E-state index contributed by atoms with van der Waals surface area (Å²) in [5.74, 6) is 0.119. The van der Waals surface area contributed by atoms with E-state index >= 15 is 0 Å². The average molecular weight is 385 g/mol. The first-order valence-electron chi connectivity index (χ1n) is 8.25. The van der Waals surface area contributed by atoms with E-state index in [4.69, 9.17) is 0 Å². The summed E-state index contributed by atoms with van der Waals surface area (Å²) in [6.45, 7) is 2.89. The molecule has 5 nitrogen and oxygen atoms in total. The predicted molar refractivity (Wildman–Crippen MR) is 110 cm³/mol. The summed E-state index contributed by atoms with van der Waals surface area (Å²) < 4.78 is 2.11. The highest BCUT2D eigenvalue weighted by Crippen LogP contribution is 2.23. The highest BCUT2D eigenvalue weighted by atomic mass is 32.2. The van der Waals surface area contributed by atoms with Gasteiger partial charge in [-0.25, -0.2) is 10.4 Å². The Labute approximate surface area is 161 Å². The fourth-order valence-electron chi connectivity index (χ4n) is 2.50. The van der Waals surface area contributed by atoms with Gasteiger partial charge >= 0.3 is 0 Å². The minimum Gasteiger partial charge on any atom is -0.319 e. The van der Waals surface area contributed by atoms with Crippen LogP contribution in [0, 0.1) is 0 Å². The number of rotatable bonds is 7. The molecule has 0 atom stereocenters. The smallest absolute Gasteiger partial charge is 0.250 e. The first-order chi connectivity index (χ1) is 12.7. The van der Waals surface area contributed by atoms with Crippen LogP contribution >= 0.6 is 23.5 Å². The van der Waals surface area contributed by atoms with Crippen LogP contribution in [0.4, 0.5) is 0 Å². The van der Waals surface area contributed by atoms with Crippen molar-refractivity contribution >= 4 is 46.7 Å². The maximum Gasteiger partial charge on any atom is 0.250 e. The van der Waals surface area contributed by atoms with Crippen molar-refractivity contribution in [2.24, 2.45) is 5.10 Å². The second kappa shape index (κ2) is 8.91. The molecule has 2 aromatic carbocycles. The normalized spacial score (nSPS) is 11.3. The summed E-state index contributed by atoms with van der Waals surface area (Å²) >= 11 is 3.11. The van der Waals surface area contributed by atoms with Gasteiger partial charge in [0.1, 0.15) is 0 Å². The van der Waals surface area contributed by atoms with Crippen molar-refractivity contribution in [3.8, 4) is 0 Å². The Morgan fingerprint density at radius 2 is 2.00 bits per heavy atom. The number of carbonyl (C=O) groups excluding carboxylic acids is 1. The number of hydrogen-bond donors (Lipinski definition) is 1. The van der Waals surface area contributed by atoms with Gasteiger partial charge in [0.05, 0.1) is 23.0 Å². The maximum atomic E-state index is 12.0. The maximum absolute atomic E-state index is 12.0. The first kappa shape index (κ1) is 18.5. The molecule has 1 aromatic heterocycles. The van der Waals surface area contributed by atoms with E-state index in [2.05, 4.69) is 27.0 Å². The lowest BCUT2D eigenvalue weighted by molar-refractivity contribution is -0.118. The van der Waals surface area contributed by atoms with Crippen LogP contribution in [0.5, 0.6) is 0 Å². The Bertz CT molecular complexity index is 919. The number of nitrogens with zero attached hydrogens (tertiary/aromatic N) is 3. The van der Waals surface area contributed by atoms with E-state index in [0.717, 1.165) is 28.3 Å². The Morgan fingerprint density at radius 3 is 2.73 bits per heavy atom. The Balaban J connectivity index is 1.56. The van der Waals surface area contributed by atoms with Crippen molar-refractivity contribution in [2.75, 3.05) is 12.0 Å². The van der Waals surface area contributed by atoms with Crippen molar-refractivity contribution in [1.82, 2.24) is 15.0 Å².